The van der Waals surface area contributed by atoms with Crippen LogP contribution in [0.1, 0.15) is 50.1 Å². The molecule has 0 radical (unpaired) electrons. The van der Waals surface area contributed by atoms with Crippen LogP contribution in [0.2, 0.25) is 0 Å². The zero-order valence-electron chi connectivity index (χ0n) is 16.5. The fourth-order valence-corrected chi connectivity index (χ4v) is 4.13. The molecule has 1 unspecified atom stereocenters. The van der Waals surface area contributed by atoms with Gasteiger partial charge >= 0.3 is 0 Å². The minimum atomic E-state index is 0.339. The smallest absolute Gasteiger partial charge is 0.126 e. The Labute approximate surface area is 161 Å². The Morgan fingerprint density at radius 3 is 3.00 bits per heavy atom. The van der Waals surface area contributed by atoms with Gasteiger partial charge in [0.2, 0.25) is 0 Å². The molecule has 27 heavy (non-hydrogen) atoms. The first-order chi connectivity index (χ1) is 13.2. The molecular formula is C22H29N5. The fourth-order valence-electron chi connectivity index (χ4n) is 4.13. The fraction of sp³-hybridized carbons (Fsp3) is 0.455. The van der Waals surface area contributed by atoms with E-state index in [2.05, 4.69) is 58.6 Å². The van der Waals surface area contributed by atoms with Crippen molar-refractivity contribution >= 4 is 17.2 Å². The molecule has 5 nitrogen and oxygen atoms in total. The van der Waals surface area contributed by atoms with Gasteiger partial charge in [-0.2, -0.15) is 0 Å². The van der Waals surface area contributed by atoms with Crippen LogP contribution in [0.15, 0.2) is 36.5 Å². The molecule has 0 aliphatic carbocycles. The lowest BCUT2D eigenvalue weighted by molar-refractivity contribution is 0.164. The Hall–Kier alpha value is -2.56. The van der Waals surface area contributed by atoms with E-state index >= 15 is 0 Å². The number of aryl methyl sites for hydroxylation is 1. The molecule has 4 rings (SSSR count). The van der Waals surface area contributed by atoms with Crippen LogP contribution in [0.3, 0.4) is 0 Å². The standard InChI is InChI=1S/C22H29N5/c1-4-11-23-19-14-17(10-12-24-19)21-20(18-9-5-8-16(3)25-18)26-22-15(2)7-6-13-27(21)22/h5,8-10,12,14-15,22,26H,4,6-7,11,13H2,1-3H3,(H,23,24)/t15-,22?/m0/s1. The number of hydrogen-bond acceptors (Lipinski definition) is 5. The highest BCUT2D eigenvalue weighted by molar-refractivity contribution is 5.90. The average Bonchev–Trinajstić information content (AvgIpc) is 3.08. The van der Waals surface area contributed by atoms with E-state index in [0.29, 0.717) is 12.1 Å². The van der Waals surface area contributed by atoms with Gasteiger partial charge in [-0.3, -0.25) is 4.98 Å². The Kier molecular flexibility index (Phi) is 5.01. The van der Waals surface area contributed by atoms with Gasteiger partial charge in [-0.1, -0.05) is 19.9 Å². The summed E-state index contributed by atoms with van der Waals surface area (Å²) in [5.41, 5.74) is 5.66. The van der Waals surface area contributed by atoms with Crippen molar-refractivity contribution in [1.82, 2.24) is 20.2 Å². The minimum Gasteiger partial charge on any atom is -0.370 e. The molecule has 5 heteroatoms. The average molecular weight is 364 g/mol. The van der Waals surface area contributed by atoms with Crippen molar-refractivity contribution in [2.75, 3.05) is 18.4 Å². The predicted molar refractivity (Wildman–Crippen MR) is 111 cm³/mol. The summed E-state index contributed by atoms with van der Waals surface area (Å²) in [7, 11) is 0. The quantitative estimate of drug-likeness (QED) is 0.838. The Morgan fingerprint density at radius 2 is 2.19 bits per heavy atom. The highest BCUT2D eigenvalue weighted by atomic mass is 15.3. The number of aromatic nitrogens is 2. The molecule has 4 heterocycles. The van der Waals surface area contributed by atoms with Crippen LogP contribution in [0.5, 0.6) is 0 Å². The molecule has 142 valence electrons. The van der Waals surface area contributed by atoms with E-state index in [9.17, 15) is 0 Å². The van der Waals surface area contributed by atoms with Crippen LogP contribution in [-0.2, 0) is 0 Å². The summed E-state index contributed by atoms with van der Waals surface area (Å²) in [5, 5.41) is 7.21. The maximum atomic E-state index is 4.81. The zero-order valence-corrected chi connectivity index (χ0v) is 16.5. The molecule has 2 aliphatic rings. The third-order valence-electron chi connectivity index (χ3n) is 5.48. The Balaban J connectivity index is 1.80. The maximum Gasteiger partial charge on any atom is 0.126 e. The minimum absolute atomic E-state index is 0.339. The topological polar surface area (TPSA) is 53.1 Å². The predicted octanol–water partition coefficient (Wildman–Crippen LogP) is 4.09. The highest BCUT2D eigenvalue weighted by Gasteiger charge is 2.38. The van der Waals surface area contributed by atoms with E-state index in [0.717, 1.165) is 42.4 Å². The van der Waals surface area contributed by atoms with Crippen molar-refractivity contribution < 1.29 is 0 Å². The Morgan fingerprint density at radius 1 is 1.30 bits per heavy atom. The van der Waals surface area contributed by atoms with Crippen molar-refractivity contribution in [1.29, 1.82) is 0 Å². The first-order valence-corrected chi connectivity index (χ1v) is 10.1. The summed E-state index contributed by atoms with van der Waals surface area (Å²) in [4.78, 5) is 11.8. The second-order valence-electron chi connectivity index (χ2n) is 7.65. The molecule has 0 amide bonds. The van der Waals surface area contributed by atoms with Crippen molar-refractivity contribution in [2.45, 2.75) is 46.2 Å². The summed E-state index contributed by atoms with van der Waals surface area (Å²) < 4.78 is 0. The van der Waals surface area contributed by atoms with Gasteiger partial charge in [-0.05, 0) is 56.4 Å². The van der Waals surface area contributed by atoms with Gasteiger partial charge in [0.25, 0.3) is 0 Å². The third-order valence-corrected chi connectivity index (χ3v) is 5.48. The van der Waals surface area contributed by atoms with E-state index in [1.165, 1.54) is 24.1 Å². The summed E-state index contributed by atoms with van der Waals surface area (Å²) in [6.45, 7) is 8.57. The van der Waals surface area contributed by atoms with E-state index in [1.807, 2.05) is 19.2 Å². The molecule has 1 saturated heterocycles. The molecule has 2 atom stereocenters. The molecule has 2 aromatic heterocycles. The lowest BCUT2D eigenvalue weighted by Gasteiger charge is -2.37. The summed E-state index contributed by atoms with van der Waals surface area (Å²) >= 11 is 0. The first kappa shape index (κ1) is 17.8. The normalized spacial score (nSPS) is 21.8. The lowest BCUT2D eigenvalue weighted by Crippen LogP contribution is -2.45. The number of anilines is 1. The molecule has 0 saturated carbocycles. The lowest BCUT2D eigenvalue weighted by atomic mass is 9.96. The van der Waals surface area contributed by atoms with Crippen LogP contribution in [-0.4, -0.2) is 34.1 Å². The van der Waals surface area contributed by atoms with Gasteiger partial charge < -0.3 is 15.5 Å². The monoisotopic (exact) mass is 363 g/mol. The number of pyridine rings is 2. The Bertz CT molecular complexity index is 844. The molecule has 2 aromatic rings. The first-order valence-electron chi connectivity index (χ1n) is 10.1. The van der Waals surface area contributed by atoms with Gasteiger partial charge in [-0.25, -0.2) is 4.98 Å². The molecule has 0 aromatic carbocycles. The summed E-state index contributed by atoms with van der Waals surface area (Å²) in [6, 6.07) is 10.5. The van der Waals surface area contributed by atoms with E-state index in [-0.39, 0.29) is 0 Å². The summed E-state index contributed by atoms with van der Waals surface area (Å²) in [5.74, 6) is 1.54. The van der Waals surface area contributed by atoms with Crippen molar-refractivity contribution in [2.24, 2.45) is 5.92 Å². The molecular weight excluding hydrogens is 334 g/mol. The zero-order chi connectivity index (χ0) is 18.8. The van der Waals surface area contributed by atoms with Crippen LogP contribution in [0.25, 0.3) is 11.4 Å². The molecule has 2 N–H and O–H groups in total. The molecule has 2 aliphatic heterocycles. The van der Waals surface area contributed by atoms with Crippen LogP contribution in [0, 0.1) is 12.8 Å². The second kappa shape index (κ2) is 7.59. The van der Waals surface area contributed by atoms with Gasteiger partial charge in [0.1, 0.15) is 12.0 Å². The number of nitrogens with one attached hydrogen (secondary N) is 2. The van der Waals surface area contributed by atoms with Gasteiger partial charge in [0.05, 0.1) is 17.1 Å². The third kappa shape index (κ3) is 3.51. The number of hydrogen-bond donors (Lipinski definition) is 2. The molecule has 1 fully saturated rings. The van der Waals surface area contributed by atoms with E-state index in [1.54, 1.807) is 0 Å². The molecule has 0 spiro atoms. The largest absolute Gasteiger partial charge is 0.370 e. The van der Waals surface area contributed by atoms with Gasteiger partial charge in [0.15, 0.2) is 0 Å². The van der Waals surface area contributed by atoms with Crippen molar-refractivity contribution in [3.63, 3.8) is 0 Å². The summed E-state index contributed by atoms with van der Waals surface area (Å²) in [6.07, 6.45) is 5.81. The number of piperidine rings is 1. The number of fused-ring (bicyclic) bond motifs is 1. The van der Waals surface area contributed by atoms with Crippen LogP contribution >= 0.6 is 0 Å². The van der Waals surface area contributed by atoms with Crippen LogP contribution < -0.4 is 10.6 Å². The van der Waals surface area contributed by atoms with E-state index < -0.39 is 0 Å². The SMILES string of the molecule is CCCNc1cc(C2=C(c3cccc(C)n3)NC3[C@@H](C)CCCN23)ccn1. The van der Waals surface area contributed by atoms with Gasteiger partial charge in [0, 0.05) is 30.5 Å². The second-order valence-corrected chi connectivity index (χ2v) is 7.65. The van der Waals surface area contributed by atoms with Crippen molar-refractivity contribution in [3.8, 4) is 0 Å². The van der Waals surface area contributed by atoms with E-state index in [4.69, 9.17) is 4.98 Å². The van der Waals surface area contributed by atoms with Crippen LogP contribution in [0.4, 0.5) is 5.82 Å². The van der Waals surface area contributed by atoms with Crippen molar-refractivity contribution in [3.05, 3.63) is 53.5 Å². The maximum absolute atomic E-state index is 4.81. The van der Waals surface area contributed by atoms with Gasteiger partial charge in [-0.15, -0.1) is 0 Å². The highest BCUT2D eigenvalue weighted by Crippen LogP contribution is 2.39. The number of nitrogens with zero attached hydrogens (tertiary/aromatic N) is 3. The number of rotatable bonds is 5. The molecule has 0 bridgehead atoms.